The quantitative estimate of drug-likeness (QED) is 0.0925. The van der Waals surface area contributed by atoms with Crippen LogP contribution in [0.25, 0.3) is 12.2 Å². The molecule has 0 aliphatic carbocycles. The molecule has 0 amide bonds. The SMILES string of the molecule is O=C(Oc1ccc(/C=C/c2ccc(OC(=O)c3cc(O)c(O)c(O)c3)cc2)cc1)c1cc(O)c(O)c(O)c1. The van der Waals surface area contributed by atoms with Crippen LogP contribution in [0, 0.1) is 0 Å². The van der Waals surface area contributed by atoms with E-state index in [2.05, 4.69) is 0 Å². The van der Waals surface area contributed by atoms with Gasteiger partial charge in [-0.05, 0) is 59.7 Å². The molecule has 0 unspecified atom stereocenters. The number of phenolic OH excluding ortho intramolecular Hbond substituents is 6. The van der Waals surface area contributed by atoms with Crippen molar-refractivity contribution in [2.45, 2.75) is 0 Å². The summed E-state index contributed by atoms with van der Waals surface area (Å²) in [5, 5.41) is 56.9. The summed E-state index contributed by atoms with van der Waals surface area (Å²) in [5.41, 5.74) is 1.28. The third-order valence-electron chi connectivity index (χ3n) is 5.26. The first-order valence-corrected chi connectivity index (χ1v) is 10.9. The van der Waals surface area contributed by atoms with E-state index in [1.807, 2.05) is 0 Å². The van der Waals surface area contributed by atoms with Gasteiger partial charge < -0.3 is 40.1 Å². The molecule has 0 saturated heterocycles. The Hall–Kier alpha value is -5.64. The summed E-state index contributed by atoms with van der Waals surface area (Å²) in [7, 11) is 0. The van der Waals surface area contributed by atoms with Gasteiger partial charge in [0.2, 0.25) is 0 Å². The molecule has 0 radical (unpaired) electrons. The van der Waals surface area contributed by atoms with Gasteiger partial charge in [0.25, 0.3) is 0 Å². The first kappa shape index (κ1) is 25.5. The fourth-order valence-electron chi connectivity index (χ4n) is 3.26. The van der Waals surface area contributed by atoms with Crippen LogP contribution in [0.4, 0.5) is 0 Å². The molecule has 10 heteroatoms. The van der Waals surface area contributed by atoms with Gasteiger partial charge in [0.15, 0.2) is 34.5 Å². The van der Waals surface area contributed by atoms with Crippen LogP contribution in [-0.4, -0.2) is 42.6 Å². The molecule has 192 valence electrons. The van der Waals surface area contributed by atoms with Gasteiger partial charge >= 0.3 is 11.9 Å². The number of aromatic hydroxyl groups is 6. The number of benzene rings is 4. The van der Waals surface area contributed by atoms with Gasteiger partial charge in [-0.2, -0.15) is 0 Å². The van der Waals surface area contributed by atoms with Crippen molar-refractivity contribution in [1.82, 2.24) is 0 Å². The smallest absolute Gasteiger partial charge is 0.343 e. The Balaban J connectivity index is 1.36. The Kier molecular flexibility index (Phi) is 7.06. The van der Waals surface area contributed by atoms with Crippen LogP contribution in [0.3, 0.4) is 0 Å². The highest BCUT2D eigenvalue weighted by atomic mass is 16.5. The van der Waals surface area contributed by atoms with Crippen LogP contribution < -0.4 is 9.47 Å². The third kappa shape index (κ3) is 5.77. The first-order valence-electron chi connectivity index (χ1n) is 10.9. The summed E-state index contributed by atoms with van der Waals surface area (Å²) in [6.45, 7) is 0. The van der Waals surface area contributed by atoms with Crippen molar-refractivity contribution < 1.29 is 49.7 Å². The predicted octanol–water partition coefficient (Wildman–Crippen LogP) is 4.53. The van der Waals surface area contributed by atoms with E-state index in [1.165, 1.54) is 0 Å². The average Bonchev–Trinajstić information content (AvgIpc) is 2.90. The molecule has 4 rings (SSSR count). The monoisotopic (exact) mass is 516 g/mol. The van der Waals surface area contributed by atoms with Crippen LogP contribution in [0.15, 0.2) is 72.8 Å². The highest BCUT2D eigenvalue weighted by Crippen LogP contribution is 2.36. The molecule has 0 aromatic heterocycles. The zero-order valence-electron chi connectivity index (χ0n) is 19.4. The third-order valence-corrected chi connectivity index (χ3v) is 5.26. The minimum Gasteiger partial charge on any atom is -0.504 e. The van der Waals surface area contributed by atoms with Gasteiger partial charge in [-0.15, -0.1) is 0 Å². The lowest BCUT2D eigenvalue weighted by Crippen LogP contribution is -2.08. The highest BCUT2D eigenvalue weighted by molar-refractivity contribution is 5.93. The van der Waals surface area contributed by atoms with Crippen molar-refractivity contribution >= 4 is 24.1 Å². The van der Waals surface area contributed by atoms with Crippen LogP contribution in [0.2, 0.25) is 0 Å². The van der Waals surface area contributed by atoms with Crippen molar-refractivity contribution in [1.29, 1.82) is 0 Å². The van der Waals surface area contributed by atoms with E-state index in [9.17, 15) is 40.2 Å². The number of phenols is 6. The van der Waals surface area contributed by atoms with Gasteiger partial charge in [0.1, 0.15) is 11.5 Å². The van der Waals surface area contributed by atoms with Crippen LogP contribution in [-0.2, 0) is 0 Å². The zero-order valence-corrected chi connectivity index (χ0v) is 19.4. The van der Waals surface area contributed by atoms with Crippen LogP contribution >= 0.6 is 0 Å². The van der Waals surface area contributed by atoms with Crippen LogP contribution in [0.1, 0.15) is 31.8 Å². The predicted molar refractivity (Wildman–Crippen MR) is 135 cm³/mol. The summed E-state index contributed by atoms with van der Waals surface area (Å²) >= 11 is 0. The van der Waals surface area contributed by atoms with Crippen molar-refractivity contribution in [3.8, 4) is 46.0 Å². The normalized spacial score (nSPS) is 10.8. The van der Waals surface area contributed by atoms with E-state index in [0.717, 1.165) is 35.4 Å². The molecular formula is C28H20O10. The van der Waals surface area contributed by atoms with E-state index >= 15 is 0 Å². The lowest BCUT2D eigenvalue weighted by atomic mass is 10.1. The number of hydrogen-bond acceptors (Lipinski definition) is 10. The average molecular weight is 516 g/mol. The highest BCUT2D eigenvalue weighted by Gasteiger charge is 2.16. The molecule has 38 heavy (non-hydrogen) atoms. The van der Waals surface area contributed by atoms with Crippen LogP contribution in [0.5, 0.6) is 46.0 Å². The fraction of sp³-hybridized carbons (Fsp3) is 0. The number of carbonyl (C=O) groups excluding carboxylic acids is 2. The summed E-state index contributed by atoms with van der Waals surface area (Å²) in [4.78, 5) is 24.5. The molecule has 10 nitrogen and oxygen atoms in total. The molecule has 0 atom stereocenters. The van der Waals surface area contributed by atoms with E-state index < -0.39 is 46.4 Å². The summed E-state index contributed by atoms with van der Waals surface area (Å²) < 4.78 is 10.4. The largest absolute Gasteiger partial charge is 0.504 e. The van der Waals surface area contributed by atoms with E-state index in [4.69, 9.17) is 9.47 Å². The maximum atomic E-state index is 12.2. The molecular weight excluding hydrogens is 496 g/mol. The van der Waals surface area contributed by atoms with Crippen molar-refractivity contribution in [2.75, 3.05) is 0 Å². The molecule has 4 aromatic carbocycles. The van der Waals surface area contributed by atoms with E-state index in [1.54, 1.807) is 60.7 Å². The lowest BCUT2D eigenvalue weighted by molar-refractivity contribution is 0.0724. The Bertz CT molecular complexity index is 1370. The topological polar surface area (TPSA) is 174 Å². The second-order valence-corrected chi connectivity index (χ2v) is 7.98. The number of esters is 2. The summed E-state index contributed by atoms with van der Waals surface area (Å²) in [6, 6.07) is 16.9. The van der Waals surface area contributed by atoms with Crippen molar-refractivity contribution in [2.24, 2.45) is 0 Å². The molecule has 0 bridgehead atoms. The molecule has 0 aliphatic heterocycles. The Morgan fingerprint density at radius 2 is 0.789 bits per heavy atom. The molecule has 4 aromatic rings. The fourth-order valence-corrected chi connectivity index (χ4v) is 3.26. The molecule has 0 aliphatic rings. The standard InChI is InChI=1S/C28H20O10/c29-21-11-17(12-22(30)25(21)33)27(35)37-19-7-3-15(4-8-19)1-2-16-5-9-20(10-6-16)38-28(36)18-13-23(31)26(34)24(32)14-18/h1-14,29-34H/b2-1+. The minimum absolute atomic E-state index is 0.143. The summed E-state index contributed by atoms with van der Waals surface area (Å²) in [5.74, 6) is -5.29. The van der Waals surface area contributed by atoms with E-state index in [0.29, 0.717) is 0 Å². The Morgan fingerprint density at radius 1 is 0.500 bits per heavy atom. The summed E-state index contributed by atoms with van der Waals surface area (Å²) in [6.07, 6.45) is 3.59. The maximum absolute atomic E-state index is 12.2. The number of rotatable bonds is 6. The maximum Gasteiger partial charge on any atom is 0.343 e. The van der Waals surface area contributed by atoms with E-state index in [-0.39, 0.29) is 22.6 Å². The van der Waals surface area contributed by atoms with Crippen molar-refractivity contribution in [3.05, 3.63) is 95.1 Å². The molecule has 0 spiro atoms. The molecule has 0 saturated carbocycles. The second-order valence-electron chi connectivity index (χ2n) is 7.98. The van der Waals surface area contributed by atoms with Gasteiger partial charge in [0, 0.05) is 0 Å². The Labute approximate surface area is 215 Å². The number of ether oxygens (including phenoxy) is 2. The van der Waals surface area contributed by atoms with Gasteiger partial charge in [0.05, 0.1) is 11.1 Å². The van der Waals surface area contributed by atoms with Gasteiger partial charge in [-0.3, -0.25) is 0 Å². The Morgan fingerprint density at radius 3 is 1.08 bits per heavy atom. The number of carbonyl (C=O) groups is 2. The second kappa shape index (κ2) is 10.5. The lowest BCUT2D eigenvalue weighted by Gasteiger charge is -2.07. The van der Waals surface area contributed by atoms with Crippen molar-refractivity contribution in [3.63, 3.8) is 0 Å². The molecule has 6 N–H and O–H groups in total. The molecule has 0 fully saturated rings. The number of hydrogen-bond donors (Lipinski definition) is 6. The first-order chi connectivity index (χ1) is 18.1. The van der Waals surface area contributed by atoms with Gasteiger partial charge in [-0.25, -0.2) is 9.59 Å². The molecule has 0 heterocycles. The van der Waals surface area contributed by atoms with Gasteiger partial charge in [-0.1, -0.05) is 36.4 Å². The minimum atomic E-state index is -0.835. The zero-order chi connectivity index (χ0) is 27.4.